The van der Waals surface area contributed by atoms with Crippen molar-refractivity contribution in [1.29, 1.82) is 5.26 Å². The van der Waals surface area contributed by atoms with Crippen LogP contribution in [0.5, 0.6) is 11.6 Å². The minimum absolute atomic E-state index is 0.201. The molecular formula is C22H22N2O5. The van der Waals surface area contributed by atoms with Crippen LogP contribution >= 0.6 is 0 Å². The molecule has 1 heterocycles. The quantitative estimate of drug-likeness (QED) is 0.395. The second-order valence-corrected chi connectivity index (χ2v) is 5.95. The molecule has 0 aliphatic heterocycles. The molecule has 0 fully saturated rings. The Balaban J connectivity index is 2.53. The summed E-state index contributed by atoms with van der Waals surface area (Å²) in [5.41, 5.74) is 2.15. The highest BCUT2D eigenvalue weighted by atomic mass is 16.5. The lowest BCUT2D eigenvalue weighted by atomic mass is 9.96. The van der Waals surface area contributed by atoms with E-state index in [4.69, 9.17) is 9.47 Å². The number of methoxy groups -OCH3 is 1. The van der Waals surface area contributed by atoms with Crippen molar-refractivity contribution < 1.29 is 24.5 Å². The number of carbonyl (C=O) groups is 1. The number of aliphatic hydroxyl groups excluding tert-OH is 1. The predicted octanol–water partition coefficient (Wildman–Crippen LogP) is 4.04. The smallest absolute Gasteiger partial charge is 0.339 e. The summed E-state index contributed by atoms with van der Waals surface area (Å²) in [7, 11) is 1.52. The van der Waals surface area contributed by atoms with Crippen molar-refractivity contribution in [2.24, 2.45) is 0 Å². The molecule has 2 rings (SSSR count). The van der Waals surface area contributed by atoms with E-state index in [1.807, 2.05) is 6.92 Å². The Kier molecular flexibility index (Phi) is 7.38. The summed E-state index contributed by atoms with van der Waals surface area (Å²) >= 11 is 0. The van der Waals surface area contributed by atoms with Crippen LogP contribution in [0.15, 0.2) is 53.9 Å². The molecule has 0 bridgehead atoms. The molecule has 0 saturated heterocycles. The maximum absolute atomic E-state index is 11.3. The molecule has 29 heavy (non-hydrogen) atoms. The molecule has 0 spiro atoms. The van der Waals surface area contributed by atoms with Gasteiger partial charge in [-0.05, 0) is 50.1 Å². The minimum atomic E-state index is -1.23. The summed E-state index contributed by atoms with van der Waals surface area (Å²) in [5.74, 6) is -0.595. The van der Waals surface area contributed by atoms with Gasteiger partial charge in [-0.15, -0.1) is 0 Å². The molecule has 7 nitrogen and oxygen atoms in total. The maximum atomic E-state index is 11.3. The van der Waals surface area contributed by atoms with Gasteiger partial charge in [0.25, 0.3) is 0 Å². The van der Waals surface area contributed by atoms with E-state index in [1.165, 1.54) is 19.3 Å². The van der Waals surface area contributed by atoms with Crippen molar-refractivity contribution in [3.8, 4) is 28.8 Å². The van der Waals surface area contributed by atoms with E-state index in [9.17, 15) is 20.3 Å². The highest BCUT2D eigenvalue weighted by molar-refractivity contribution is 5.91. The molecule has 7 heteroatoms. The SMILES string of the molecule is C/C=C(O)\C(=C/Cc1cc(C#N)c(-c2ccc(OC)nc2)c(OCC)c1)C(=O)O. The Morgan fingerprint density at radius 2 is 2.07 bits per heavy atom. The first-order chi connectivity index (χ1) is 13.9. The summed E-state index contributed by atoms with van der Waals surface area (Å²) in [6, 6.07) is 9.08. The number of aliphatic hydroxyl groups is 1. The second-order valence-electron chi connectivity index (χ2n) is 5.95. The molecule has 150 valence electrons. The van der Waals surface area contributed by atoms with Crippen LogP contribution in [0, 0.1) is 11.3 Å². The number of hydrogen-bond acceptors (Lipinski definition) is 6. The lowest BCUT2D eigenvalue weighted by molar-refractivity contribution is -0.132. The summed E-state index contributed by atoms with van der Waals surface area (Å²) in [6.07, 6.45) is 4.52. The fourth-order valence-electron chi connectivity index (χ4n) is 2.77. The van der Waals surface area contributed by atoms with Crippen LogP contribution in [-0.4, -0.2) is 34.9 Å². The van der Waals surface area contributed by atoms with Gasteiger partial charge >= 0.3 is 5.97 Å². The third-order valence-electron chi connectivity index (χ3n) is 4.14. The highest BCUT2D eigenvalue weighted by Gasteiger charge is 2.16. The van der Waals surface area contributed by atoms with Crippen LogP contribution in [0.3, 0.4) is 0 Å². The number of aromatic nitrogens is 1. The summed E-state index contributed by atoms with van der Waals surface area (Å²) in [4.78, 5) is 15.5. The van der Waals surface area contributed by atoms with E-state index >= 15 is 0 Å². The summed E-state index contributed by atoms with van der Waals surface area (Å²) in [6.45, 7) is 3.77. The Morgan fingerprint density at radius 1 is 1.31 bits per heavy atom. The number of carboxylic acid groups (broad SMARTS) is 1. The number of pyridine rings is 1. The zero-order valence-electron chi connectivity index (χ0n) is 16.5. The maximum Gasteiger partial charge on any atom is 0.339 e. The van der Waals surface area contributed by atoms with Crippen molar-refractivity contribution in [3.05, 3.63) is 65.1 Å². The average Bonchev–Trinajstić information content (AvgIpc) is 2.73. The lowest BCUT2D eigenvalue weighted by Crippen LogP contribution is -2.04. The molecule has 0 unspecified atom stereocenters. The van der Waals surface area contributed by atoms with Crippen molar-refractivity contribution in [1.82, 2.24) is 4.98 Å². The third-order valence-corrected chi connectivity index (χ3v) is 4.14. The fraction of sp³-hybridized carbons (Fsp3) is 0.227. The highest BCUT2D eigenvalue weighted by Crippen LogP contribution is 2.35. The minimum Gasteiger partial charge on any atom is -0.507 e. The first-order valence-corrected chi connectivity index (χ1v) is 8.94. The lowest BCUT2D eigenvalue weighted by Gasteiger charge is -2.14. The van der Waals surface area contributed by atoms with Gasteiger partial charge in [-0.1, -0.05) is 6.08 Å². The Morgan fingerprint density at radius 3 is 2.59 bits per heavy atom. The van der Waals surface area contributed by atoms with Gasteiger partial charge in [0.15, 0.2) is 0 Å². The summed E-state index contributed by atoms with van der Waals surface area (Å²) in [5, 5.41) is 28.7. The number of hydrogen-bond donors (Lipinski definition) is 2. The molecule has 0 aliphatic carbocycles. The monoisotopic (exact) mass is 394 g/mol. The molecule has 0 saturated carbocycles. The van der Waals surface area contributed by atoms with E-state index < -0.39 is 5.97 Å². The van der Waals surface area contributed by atoms with E-state index in [1.54, 1.807) is 37.4 Å². The number of benzene rings is 1. The fourth-order valence-corrected chi connectivity index (χ4v) is 2.77. The number of ether oxygens (including phenoxy) is 2. The van der Waals surface area contributed by atoms with Gasteiger partial charge in [0, 0.05) is 23.4 Å². The average molecular weight is 394 g/mol. The molecule has 1 aromatic carbocycles. The predicted molar refractivity (Wildman–Crippen MR) is 108 cm³/mol. The largest absolute Gasteiger partial charge is 0.507 e. The van der Waals surface area contributed by atoms with Crippen molar-refractivity contribution >= 4 is 5.97 Å². The molecule has 2 N–H and O–H groups in total. The number of rotatable bonds is 8. The number of carboxylic acids is 1. The van der Waals surface area contributed by atoms with Gasteiger partial charge in [-0.2, -0.15) is 5.26 Å². The molecule has 0 radical (unpaired) electrons. The molecule has 0 aliphatic rings. The van der Waals surface area contributed by atoms with Crippen LogP contribution in [0.25, 0.3) is 11.1 Å². The van der Waals surface area contributed by atoms with E-state index in [0.717, 1.165) is 0 Å². The van der Waals surface area contributed by atoms with Crippen LogP contribution < -0.4 is 9.47 Å². The first kappa shape index (κ1) is 21.5. The zero-order valence-corrected chi connectivity index (χ0v) is 16.5. The number of aliphatic carboxylic acids is 1. The van der Waals surface area contributed by atoms with Crippen LogP contribution in [0.1, 0.15) is 25.0 Å². The third kappa shape index (κ3) is 5.14. The number of nitriles is 1. The van der Waals surface area contributed by atoms with Gasteiger partial charge in [0.05, 0.1) is 30.9 Å². The molecule has 0 amide bonds. The number of allylic oxidation sites excluding steroid dienone is 2. The summed E-state index contributed by atoms with van der Waals surface area (Å²) < 4.78 is 10.8. The number of nitrogens with zero attached hydrogens (tertiary/aromatic N) is 2. The van der Waals surface area contributed by atoms with E-state index in [-0.39, 0.29) is 17.8 Å². The van der Waals surface area contributed by atoms with Gasteiger partial charge in [0.2, 0.25) is 5.88 Å². The Hall–Kier alpha value is -3.79. The van der Waals surface area contributed by atoms with Crippen molar-refractivity contribution in [3.63, 3.8) is 0 Å². The van der Waals surface area contributed by atoms with Gasteiger partial charge in [-0.3, -0.25) is 0 Å². The van der Waals surface area contributed by atoms with Crippen LogP contribution in [0.2, 0.25) is 0 Å². The van der Waals surface area contributed by atoms with Gasteiger partial charge < -0.3 is 19.7 Å². The zero-order chi connectivity index (χ0) is 21.4. The van der Waals surface area contributed by atoms with Gasteiger partial charge in [0.1, 0.15) is 11.5 Å². The van der Waals surface area contributed by atoms with Crippen LogP contribution in [0.4, 0.5) is 0 Å². The van der Waals surface area contributed by atoms with E-state index in [0.29, 0.717) is 40.5 Å². The van der Waals surface area contributed by atoms with Crippen molar-refractivity contribution in [2.75, 3.05) is 13.7 Å². The second kappa shape index (κ2) is 9.95. The molecule has 2 aromatic rings. The van der Waals surface area contributed by atoms with Crippen molar-refractivity contribution in [2.45, 2.75) is 20.3 Å². The van der Waals surface area contributed by atoms with E-state index in [2.05, 4.69) is 11.1 Å². The Bertz CT molecular complexity index is 985. The Labute approximate surface area is 169 Å². The standard InChI is InChI=1S/C22H22N2O5/c1-4-18(25)17(22(26)27)8-6-14-10-16(12-23)21(19(11-14)29-5-2)15-7-9-20(28-3)24-13-15/h4,7-11,13,25H,5-6H2,1-3H3,(H,26,27)/b17-8+,18-4+. The normalized spacial score (nSPS) is 11.7. The molecule has 0 atom stereocenters. The van der Waals surface area contributed by atoms with Crippen LogP contribution in [-0.2, 0) is 11.2 Å². The molecular weight excluding hydrogens is 372 g/mol. The topological polar surface area (TPSA) is 113 Å². The first-order valence-electron chi connectivity index (χ1n) is 8.94. The van der Waals surface area contributed by atoms with Gasteiger partial charge in [-0.25, -0.2) is 9.78 Å². The molecule has 1 aromatic heterocycles.